The SMILES string of the molecule is NNc1ncc(Cl)c(Nc2ccccc2OC(F)(F)F)n1. The van der Waals surface area contributed by atoms with Gasteiger partial charge in [-0.15, -0.1) is 13.2 Å². The van der Waals surface area contributed by atoms with Crippen LogP contribution >= 0.6 is 11.6 Å². The molecular weight excluding hydrogens is 311 g/mol. The van der Waals surface area contributed by atoms with Crippen LogP contribution in [-0.2, 0) is 0 Å². The second-order valence-corrected chi connectivity index (χ2v) is 4.11. The average Bonchev–Trinajstić information content (AvgIpc) is 2.42. The van der Waals surface area contributed by atoms with Crippen LogP contribution in [-0.4, -0.2) is 16.3 Å². The van der Waals surface area contributed by atoms with Crippen LogP contribution in [0.15, 0.2) is 30.5 Å². The molecule has 1 aromatic heterocycles. The number of ether oxygens (including phenoxy) is 1. The third-order valence-electron chi connectivity index (χ3n) is 2.24. The van der Waals surface area contributed by atoms with Crippen molar-refractivity contribution in [3.05, 3.63) is 35.5 Å². The van der Waals surface area contributed by atoms with E-state index in [1.54, 1.807) is 0 Å². The maximum absolute atomic E-state index is 12.3. The molecule has 4 N–H and O–H groups in total. The zero-order valence-corrected chi connectivity index (χ0v) is 11.0. The van der Waals surface area contributed by atoms with Crippen LogP contribution in [0.5, 0.6) is 5.75 Å². The molecule has 0 unspecified atom stereocenters. The van der Waals surface area contributed by atoms with Gasteiger partial charge in [-0.25, -0.2) is 10.8 Å². The van der Waals surface area contributed by atoms with E-state index in [9.17, 15) is 13.2 Å². The number of hydrazine groups is 1. The average molecular weight is 320 g/mol. The van der Waals surface area contributed by atoms with Crippen LogP contribution in [0.2, 0.25) is 5.02 Å². The summed E-state index contributed by atoms with van der Waals surface area (Å²) in [5.74, 6) is 4.87. The summed E-state index contributed by atoms with van der Waals surface area (Å²) in [4.78, 5) is 7.65. The number of nitrogen functional groups attached to an aromatic ring is 1. The molecule has 0 atom stereocenters. The number of nitrogens with one attached hydrogen (secondary N) is 2. The summed E-state index contributed by atoms with van der Waals surface area (Å²) in [7, 11) is 0. The molecule has 0 spiro atoms. The fourth-order valence-electron chi connectivity index (χ4n) is 1.44. The van der Waals surface area contributed by atoms with Crippen LogP contribution in [0.4, 0.5) is 30.6 Å². The van der Waals surface area contributed by atoms with Gasteiger partial charge in [-0.1, -0.05) is 23.7 Å². The molecule has 1 aromatic carbocycles. The molecule has 0 aliphatic rings. The summed E-state index contributed by atoms with van der Waals surface area (Å²) in [5.41, 5.74) is 2.24. The Morgan fingerprint density at radius 1 is 1.24 bits per heavy atom. The first-order chi connectivity index (χ1) is 9.89. The number of para-hydroxylation sites is 2. The van der Waals surface area contributed by atoms with Gasteiger partial charge in [0.25, 0.3) is 0 Å². The van der Waals surface area contributed by atoms with E-state index in [1.165, 1.54) is 24.4 Å². The van der Waals surface area contributed by atoms with Gasteiger partial charge in [-0.05, 0) is 12.1 Å². The number of hydrogen-bond acceptors (Lipinski definition) is 6. The molecule has 0 aliphatic carbocycles. The topological polar surface area (TPSA) is 85.1 Å². The molecule has 21 heavy (non-hydrogen) atoms. The number of benzene rings is 1. The molecular formula is C11H9ClF3N5O. The van der Waals surface area contributed by atoms with Gasteiger partial charge < -0.3 is 10.1 Å². The minimum Gasteiger partial charge on any atom is -0.404 e. The monoisotopic (exact) mass is 319 g/mol. The summed E-state index contributed by atoms with van der Waals surface area (Å²) in [5, 5.41) is 2.74. The van der Waals surface area contributed by atoms with E-state index < -0.39 is 12.1 Å². The van der Waals surface area contributed by atoms with Crippen molar-refractivity contribution in [1.82, 2.24) is 9.97 Å². The molecule has 1 heterocycles. The molecule has 2 aromatic rings. The van der Waals surface area contributed by atoms with Crippen molar-refractivity contribution >= 4 is 29.1 Å². The van der Waals surface area contributed by atoms with E-state index in [0.29, 0.717) is 0 Å². The normalized spacial score (nSPS) is 11.1. The fraction of sp³-hybridized carbons (Fsp3) is 0.0909. The number of nitrogens with two attached hydrogens (primary N) is 1. The first-order valence-corrected chi connectivity index (χ1v) is 5.88. The van der Waals surface area contributed by atoms with Gasteiger partial charge in [-0.2, -0.15) is 4.98 Å². The molecule has 0 radical (unpaired) electrons. The number of rotatable bonds is 4. The Kier molecular flexibility index (Phi) is 4.34. The van der Waals surface area contributed by atoms with Crippen LogP contribution in [0.25, 0.3) is 0 Å². The van der Waals surface area contributed by atoms with Gasteiger partial charge in [-0.3, -0.25) is 5.43 Å². The summed E-state index contributed by atoms with van der Waals surface area (Å²) in [6.45, 7) is 0. The summed E-state index contributed by atoms with van der Waals surface area (Å²) >= 11 is 5.87. The Morgan fingerprint density at radius 2 is 1.95 bits per heavy atom. The van der Waals surface area contributed by atoms with Gasteiger partial charge >= 0.3 is 6.36 Å². The zero-order chi connectivity index (χ0) is 15.5. The van der Waals surface area contributed by atoms with Crippen LogP contribution in [0.3, 0.4) is 0 Å². The molecule has 0 amide bonds. The number of anilines is 3. The number of aromatic nitrogens is 2. The molecule has 0 fully saturated rings. The molecule has 0 aliphatic heterocycles. The van der Waals surface area contributed by atoms with Crippen molar-refractivity contribution in [2.24, 2.45) is 5.84 Å². The lowest BCUT2D eigenvalue weighted by Crippen LogP contribution is -2.18. The maximum Gasteiger partial charge on any atom is 0.573 e. The molecule has 6 nitrogen and oxygen atoms in total. The highest BCUT2D eigenvalue weighted by Crippen LogP contribution is 2.33. The number of hydrogen-bond donors (Lipinski definition) is 3. The third kappa shape index (κ3) is 4.10. The van der Waals surface area contributed by atoms with Crippen LogP contribution in [0.1, 0.15) is 0 Å². The van der Waals surface area contributed by atoms with E-state index in [2.05, 4.69) is 25.4 Å². The first kappa shape index (κ1) is 15.1. The first-order valence-electron chi connectivity index (χ1n) is 5.50. The van der Waals surface area contributed by atoms with E-state index in [0.717, 1.165) is 6.07 Å². The van der Waals surface area contributed by atoms with Crippen molar-refractivity contribution < 1.29 is 17.9 Å². The van der Waals surface area contributed by atoms with Crippen LogP contribution in [0, 0.1) is 0 Å². The highest BCUT2D eigenvalue weighted by atomic mass is 35.5. The molecule has 112 valence electrons. The lowest BCUT2D eigenvalue weighted by atomic mass is 10.3. The molecule has 10 heteroatoms. The smallest absolute Gasteiger partial charge is 0.404 e. The number of halogens is 4. The lowest BCUT2D eigenvalue weighted by Gasteiger charge is -2.14. The molecule has 0 bridgehead atoms. The van der Waals surface area contributed by atoms with Crippen molar-refractivity contribution in [3.63, 3.8) is 0 Å². The summed E-state index contributed by atoms with van der Waals surface area (Å²) in [6, 6.07) is 5.48. The number of alkyl halides is 3. The molecule has 0 saturated carbocycles. The van der Waals surface area contributed by atoms with Crippen molar-refractivity contribution in [1.29, 1.82) is 0 Å². The zero-order valence-electron chi connectivity index (χ0n) is 10.3. The molecule has 0 saturated heterocycles. The van der Waals surface area contributed by atoms with E-state index >= 15 is 0 Å². The fourth-order valence-corrected chi connectivity index (χ4v) is 1.57. The minimum absolute atomic E-state index is 0.0402. The van der Waals surface area contributed by atoms with E-state index in [4.69, 9.17) is 17.4 Å². The predicted molar refractivity (Wildman–Crippen MR) is 71.3 cm³/mol. The Hall–Kier alpha value is -2.26. The summed E-state index contributed by atoms with van der Waals surface area (Å²) in [6.07, 6.45) is -3.56. The highest BCUT2D eigenvalue weighted by molar-refractivity contribution is 6.32. The van der Waals surface area contributed by atoms with Gasteiger partial charge in [0.1, 0.15) is 5.02 Å². The quantitative estimate of drug-likeness (QED) is 0.593. The van der Waals surface area contributed by atoms with E-state index in [1.807, 2.05) is 0 Å². The Balaban J connectivity index is 2.31. The predicted octanol–water partition coefficient (Wildman–Crippen LogP) is 3.06. The standard InChI is InChI=1S/C11H9ClF3N5O/c12-6-5-17-10(20-16)19-9(6)18-7-3-1-2-4-8(7)21-11(13,14)15/h1-5H,16H2,(H2,17,18,19,20). The van der Waals surface area contributed by atoms with Crippen molar-refractivity contribution in [2.45, 2.75) is 6.36 Å². The highest BCUT2D eigenvalue weighted by Gasteiger charge is 2.32. The van der Waals surface area contributed by atoms with Gasteiger partial charge in [0.05, 0.1) is 11.9 Å². The Bertz CT molecular complexity index is 637. The van der Waals surface area contributed by atoms with Gasteiger partial charge in [0, 0.05) is 0 Å². The Morgan fingerprint density at radius 3 is 2.62 bits per heavy atom. The third-order valence-corrected chi connectivity index (χ3v) is 2.52. The second-order valence-electron chi connectivity index (χ2n) is 3.70. The minimum atomic E-state index is -4.81. The van der Waals surface area contributed by atoms with E-state index in [-0.39, 0.29) is 22.5 Å². The second kappa shape index (κ2) is 6.02. The number of nitrogens with zero attached hydrogens (tertiary/aromatic N) is 2. The van der Waals surface area contributed by atoms with Crippen molar-refractivity contribution in [2.75, 3.05) is 10.7 Å². The largest absolute Gasteiger partial charge is 0.573 e. The summed E-state index contributed by atoms with van der Waals surface area (Å²) < 4.78 is 40.9. The Labute approximate surface area is 122 Å². The van der Waals surface area contributed by atoms with Crippen LogP contribution < -0.4 is 21.3 Å². The van der Waals surface area contributed by atoms with Gasteiger partial charge in [0.15, 0.2) is 11.6 Å². The molecule has 2 rings (SSSR count). The van der Waals surface area contributed by atoms with Gasteiger partial charge in [0.2, 0.25) is 5.95 Å². The maximum atomic E-state index is 12.3. The lowest BCUT2D eigenvalue weighted by molar-refractivity contribution is -0.274. The van der Waals surface area contributed by atoms with Crippen molar-refractivity contribution in [3.8, 4) is 5.75 Å².